The van der Waals surface area contributed by atoms with Gasteiger partial charge in [-0.05, 0) is 25.2 Å². The Labute approximate surface area is 99.2 Å². The zero-order valence-corrected chi connectivity index (χ0v) is 9.87. The van der Waals surface area contributed by atoms with Crippen molar-refractivity contribution in [1.29, 1.82) is 5.26 Å². The second kappa shape index (κ2) is 4.89. The molecule has 0 aromatic carbocycles. The summed E-state index contributed by atoms with van der Waals surface area (Å²) in [6, 6.07) is 2.26. The van der Waals surface area contributed by atoms with Crippen molar-refractivity contribution in [2.24, 2.45) is 11.7 Å². The lowest BCUT2D eigenvalue weighted by atomic mass is 9.88. The third-order valence-corrected chi connectivity index (χ3v) is 4.07. The van der Waals surface area contributed by atoms with E-state index in [1.165, 1.54) is 0 Å². The minimum absolute atomic E-state index is 0.319. The fourth-order valence-corrected chi connectivity index (χ4v) is 3.06. The molecule has 1 aromatic rings. The topological polar surface area (TPSA) is 75.8 Å². The van der Waals surface area contributed by atoms with Crippen molar-refractivity contribution >= 4 is 11.8 Å². The normalized spacial score (nSPS) is 29.1. The van der Waals surface area contributed by atoms with Gasteiger partial charge in [-0.25, -0.2) is 4.98 Å². The molecule has 0 amide bonds. The molecule has 0 aliphatic heterocycles. The first kappa shape index (κ1) is 11.5. The van der Waals surface area contributed by atoms with Gasteiger partial charge in [0.05, 0.1) is 12.3 Å². The number of hydrogen-bond donors (Lipinski definition) is 1. The van der Waals surface area contributed by atoms with Gasteiger partial charge in [0.25, 0.3) is 5.22 Å². The Morgan fingerprint density at radius 3 is 3.31 bits per heavy atom. The number of nitrogens with zero attached hydrogens (tertiary/aromatic N) is 2. The molecule has 1 saturated carbocycles. The Bertz CT molecular complexity index is 373. The number of aromatic nitrogens is 1. The fourth-order valence-electron chi connectivity index (χ4n) is 2.22. The Kier molecular flexibility index (Phi) is 3.52. The van der Waals surface area contributed by atoms with Gasteiger partial charge >= 0.3 is 0 Å². The molecule has 4 nitrogen and oxygen atoms in total. The zero-order valence-electron chi connectivity index (χ0n) is 9.06. The minimum Gasteiger partial charge on any atom is -0.440 e. The smallest absolute Gasteiger partial charge is 0.255 e. The van der Waals surface area contributed by atoms with Gasteiger partial charge < -0.3 is 10.2 Å². The molecule has 2 N–H and O–H groups in total. The van der Waals surface area contributed by atoms with E-state index in [1.54, 1.807) is 24.2 Å². The molecule has 0 saturated heterocycles. The van der Waals surface area contributed by atoms with Gasteiger partial charge in [-0.3, -0.25) is 0 Å². The van der Waals surface area contributed by atoms with Crippen molar-refractivity contribution in [3.63, 3.8) is 0 Å². The van der Waals surface area contributed by atoms with Crippen molar-refractivity contribution in [3.8, 4) is 6.07 Å². The molecule has 5 heteroatoms. The molecule has 0 bridgehead atoms. The molecule has 1 heterocycles. The van der Waals surface area contributed by atoms with Crippen molar-refractivity contribution in [2.45, 2.75) is 36.4 Å². The number of nitriles is 1. The molecule has 1 aliphatic carbocycles. The van der Waals surface area contributed by atoms with E-state index in [0.717, 1.165) is 31.4 Å². The standard InChI is InChI=1S/C11H15N3OS/c12-8-11(13)4-1-2-9(11)3-7-16-10-14-5-6-15-10/h5-6,9H,1-4,7,13H2. The molecule has 0 radical (unpaired) electrons. The molecule has 0 spiro atoms. The van der Waals surface area contributed by atoms with E-state index in [-0.39, 0.29) is 0 Å². The lowest BCUT2D eigenvalue weighted by molar-refractivity contribution is 0.388. The largest absolute Gasteiger partial charge is 0.440 e. The predicted molar refractivity (Wildman–Crippen MR) is 61.7 cm³/mol. The maximum absolute atomic E-state index is 9.07. The first-order valence-electron chi connectivity index (χ1n) is 5.47. The SMILES string of the molecule is N#CC1(N)CCCC1CCSc1ncco1. The van der Waals surface area contributed by atoms with Crippen LogP contribution in [0.2, 0.25) is 0 Å². The molecular weight excluding hydrogens is 222 g/mol. The molecule has 2 atom stereocenters. The zero-order chi connectivity index (χ0) is 11.4. The van der Waals surface area contributed by atoms with Crippen LogP contribution in [0.1, 0.15) is 25.7 Å². The summed E-state index contributed by atoms with van der Waals surface area (Å²) < 4.78 is 5.13. The number of thioether (sulfide) groups is 1. The number of oxazole rings is 1. The highest BCUT2D eigenvalue weighted by atomic mass is 32.2. The van der Waals surface area contributed by atoms with Crippen molar-refractivity contribution in [3.05, 3.63) is 12.5 Å². The van der Waals surface area contributed by atoms with Crippen LogP contribution in [0.15, 0.2) is 22.1 Å². The van der Waals surface area contributed by atoms with Gasteiger partial charge in [-0.1, -0.05) is 18.2 Å². The number of rotatable bonds is 4. The van der Waals surface area contributed by atoms with Crippen LogP contribution in [0.3, 0.4) is 0 Å². The van der Waals surface area contributed by atoms with Crippen LogP contribution in [-0.4, -0.2) is 16.3 Å². The van der Waals surface area contributed by atoms with Crippen LogP contribution in [0.5, 0.6) is 0 Å². The number of hydrogen-bond acceptors (Lipinski definition) is 5. The van der Waals surface area contributed by atoms with Gasteiger partial charge in [-0.2, -0.15) is 5.26 Å². The summed E-state index contributed by atoms with van der Waals surface area (Å²) in [5.74, 6) is 1.23. The third-order valence-electron chi connectivity index (χ3n) is 3.18. The maximum Gasteiger partial charge on any atom is 0.255 e. The second-order valence-electron chi connectivity index (χ2n) is 4.18. The van der Waals surface area contributed by atoms with E-state index >= 15 is 0 Å². The molecule has 1 aromatic heterocycles. The lowest BCUT2D eigenvalue weighted by Gasteiger charge is -2.23. The molecule has 16 heavy (non-hydrogen) atoms. The van der Waals surface area contributed by atoms with Crippen LogP contribution < -0.4 is 5.73 Å². The van der Waals surface area contributed by atoms with E-state index in [1.807, 2.05) is 0 Å². The summed E-state index contributed by atoms with van der Waals surface area (Å²) in [5, 5.41) is 9.76. The minimum atomic E-state index is -0.600. The lowest BCUT2D eigenvalue weighted by Crippen LogP contribution is -2.41. The molecule has 1 fully saturated rings. The van der Waals surface area contributed by atoms with Crippen molar-refractivity contribution in [2.75, 3.05) is 5.75 Å². The molecule has 86 valence electrons. The molecule has 2 rings (SSSR count). The summed E-state index contributed by atoms with van der Waals surface area (Å²) in [6.45, 7) is 0. The van der Waals surface area contributed by atoms with Gasteiger partial charge in [0.2, 0.25) is 0 Å². The highest BCUT2D eigenvalue weighted by Crippen LogP contribution is 2.36. The summed E-state index contributed by atoms with van der Waals surface area (Å²) in [7, 11) is 0. The third kappa shape index (κ3) is 2.39. The average molecular weight is 237 g/mol. The van der Waals surface area contributed by atoms with Crippen molar-refractivity contribution < 1.29 is 4.42 Å². The van der Waals surface area contributed by atoms with Gasteiger partial charge in [-0.15, -0.1) is 0 Å². The molecule has 2 unspecified atom stereocenters. The first-order valence-corrected chi connectivity index (χ1v) is 6.45. The van der Waals surface area contributed by atoms with Gasteiger partial charge in [0, 0.05) is 5.75 Å². The molecular formula is C11H15N3OS. The summed E-state index contributed by atoms with van der Waals surface area (Å²) in [5.41, 5.74) is 5.45. The van der Waals surface area contributed by atoms with Gasteiger partial charge in [0.1, 0.15) is 11.8 Å². The van der Waals surface area contributed by atoms with E-state index in [9.17, 15) is 0 Å². The summed E-state index contributed by atoms with van der Waals surface area (Å²) in [6.07, 6.45) is 7.13. The predicted octanol–water partition coefficient (Wildman–Crippen LogP) is 2.18. The van der Waals surface area contributed by atoms with Crippen LogP contribution in [0.4, 0.5) is 0 Å². The maximum atomic E-state index is 9.07. The van der Waals surface area contributed by atoms with Crippen LogP contribution in [-0.2, 0) is 0 Å². The Balaban J connectivity index is 1.80. The monoisotopic (exact) mass is 237 g/mol. The average Bonchev–Trinajstić information content (AvgIpc) is 2.90. The van der Waals surface area contributed by atoms with Crippen LogP contribution in [0.25, 0.3) is 0 Å². The Hall–Kier alpha value is -0.990. The first-order chi connectivity index (χ1) is 7.74. The summed E-state index contributed by atoms with van der Waals surface area (Å²) >= 11 is 1.58. The number of nitrogens with two attached hydrogens (primary N) is 1. The van der Waals surface area contributed by atoms with E-state index in [0.29, 0.717) is 11.1 Å². The highest BCUT2D eigenvalue weighted by Gasteiger charge is 2.39. The van der Waals surface area contributed by atoms with Gasteiger partial charge in [0.15, 0.2) is 0 Å². The van der Waals surface area contributed by atoms with E-state index in [4.69, 9.17) is 15.4 Å². The van der Waals surface area contributed by atoms with Crippen molar-refractivity contribution in [1.82, 2.24) is 4.98 Å². The molecule has 1 aliphatic rings. The summed E-state index contributed by atoms with van der Waals surface area (Å²) in [4.78, 5) is 4.04. The Morgan fingerprint density at radius 2 is 2.62 bits per heavy atom. The van der Waals surface area contributed by atoms with E-state index < -0.39 is 5.54 Å². The Morgan fingerprint density at radius 1 is 1.75 bits per heavy atom. The highest BCUT2D eigenvalue weighted by molar-refractivity contribution is 7.99. The van der Waals surface area contributed by atoms with Crippen LogP contribution >= 0.6 is 11.8 Å². The quantitative estimate of drug-likeness (QED) is 0.812. The van der Waals surface area contributed by atoms with Crippen LogP contribution in [0, 0.1) is 17.2 Å². The second-order valence-corrected chi connectivity index (χ2v) is 5.22. The van der Waals surface area contributed by atoms with E-state index in [2.05, 4.69) is 11.1 Å². The fraction of sp³-hybridized carbons (Fsp3) is 0.636.